The lowest BCUT2D eigenvalue weighted by Gasteiger charge is -2.34. The van der Waals surface area contributed by atoms with Crippen LogP contribution in [-0.2, 0) is 26.2 Å². The standard InChI is InChI=1S/C32H39Cl2N3O5S/c1-6-23(5)35-32(39)30(7-2)36(20-27-28(33)10-9-11-29(27)34)31(38)21-37(24-14-12-22(4)13-15-24)43(40,41)26-18-16-25(17-19-26)42-8-3/h9-19,23,30H,6-8,20-21H2,1-5H3,(H,35,39)/t23-,30+/m0/s1. The number of nitrogens with zero attached hydrogens (tertiary/aromatic N) is 2. The van der Waals surface area contributed by atoms with Crippen molar-refractivity contribution in [1.29, 1.82) is 0 Å². The Morgan fingerprint density at radius 1 is 0.907 bits per heavy atom. The molecular weight excluding hydrogens is 609 g/mol. The molecule has 1 N–H and O–H groups in total. The number of anilines is 1. The topological polar surface area (TPSA) is 96.0 Å². The zero-order valence-electron chi connectivity index (χ0n) is 25.1. The Bertz CT molecular complexity index is 1480. The Labute approximate surface area is 265 Å². The highest BCUT2D eigenvalue weighted by atomic mass is 35.5. The summed E-state index contributed by atoms with van der Waals surface area (Å²) in [5, 5.41) is 3.62. The van der Waals surface area contributed by atoms with E-state index in [1.165, 1.54) is 17.0 Å². The van der Waals surface area contributed by atoms with Gasteiger partial charge in [-0.2, -0.15) is 0 Å². The third-order valence-electron chi connectivity index (χ3n) is 7.10. The molecule has 0 aliphatic heterocycles. The lowest BCUT2D eigenvalue weighted by molar-refractivity contribution is -0.140. The minimum atomic E-state index is -4.21. The van der Waals surface area contributed by atoms with E-state index in [0.717, 1.165) is 9.87 Å². The average Bonchev–Trinajstić information content (AvgIpc) is 2.98. The van der Waals surface area contributed by atoms with Gasteiger partial charge in [0.2, 0.25) is 11.8 Å². The van der Waals surface area contributed by atoms with Crippen molar-refractivity contribution in [1.82, 2.24) is 10.2 Å². The SMILES string of the molecule is CCOc1ccc(S(=O)(=O)N(CC(=O)N(Cc2c(Cl)cccc2Cl)[C@H](CC)C(=O)N[C@@H](C)CC)c2ccc(C)cc2)cc1. The number of ether oxygens (including phenoxy) is 1. The predicted molar refractivity (Wildman–Crippen MR) is 172 cm³/mol. The number of amides is 2. The van der Waals surface area contributed by atoms with Gasteiger partial charge in [0, 0.05) is 28.2 Å². The van der Waals surface area contributed by atoms with Crippen LogP contribution in [0.4, 0.5) is 5.69 Å². The zero-order chi connectivity index (χ0) is 31.7. The lowest BCUT2D eigenvalue weighted by Crippen LogP contribution is -2.53. The summed E-state index contributed by atoms with van der Waals surface area (Å²) in [6.45, 7) is 9.13. The van der Waals surface area contributed by atoms with Gasteiger partial charge in [-0.25, -0.2) is 8.42 Å². The second-order valence-corrected chi connectivity index (χ2v) is 12.9. The van der Waals surface area contributed by atoms with Gasteiger partial charge in [0.15, 0.2) is 0 Å². The molecule has 0 aliphatic carbocycles. The van der Waals surface area contributed by atoms with Crippen molar-refractivity contribution in [3.8, 4) is 5.75 Å². The van der Waals surface area contributed by atoms with Crippen molar-refractivity contribution >= 4 is 50.7 Å². The molecule has 0 aromatic heterocycles. The van der Waals surface area contributed by atoms with Crippen LogP contribution in [-0.4, -0.2) is 50.4 Å². The molecule has 0 aliphatic rings. The maximum atomic E-state index is 14.2. The number of carbonyl (C=O) groups is 2. The molecule has 0 bridgehead atoms. The molecule has 3 rings (SSSR count). The molecule has 0 fully saturated rings. The van der Waals surface area contributed by atoms with Crippen molar-refractivity contribution in [2.75, 3.05) is 17.5 Å². The van der Waals surface area contributed by atoms with E-state index in [0.29, 0.717) is 40.1 Å². The second kappa shape index (κ2) is 15.5. The first kappa shape index (κ1) is 34.2. The number of hydrogen-bond donors (Lipinski definition) is 1. The number of hydrogen-bond acceptors (Lipinski definition) is 5. The van der Waals surface area contributed by atoms with Gasteiger partial charge in [0.25, 0.3) is 10.0 Å². The maximum absolute atomic E-state index is 14.2. The van der Waals surface area contributed by atoms with Gasteiger partial charge in [-0.15, -0.1) is 0 Å². The molecule has 3 aromatic rings. The van der Waals surface area contributed by atoms with Crippen molar-refractivity contribution in [2.45, 2.75) is 71.0 Å². The first-order valence-electron chi connectivity index (χ1n) is 14.3. The number of rotatable bonds is 14. The van der Waals surface area contributed by atoms with Gasteiger partial charge in [0.1, 0.15) is 18.3 Å². The fourth-order valence-corrected chi connectivity index (χ4v) is 6.39. The first-order chi connectivity index (χ1) is 20.4. The highest BCUT2D eigenvalue weighted by Gasteiger charge is 2.34. The zero-order valence-corrected chi connectivity index (χ0v) is 27.5. The Hall–Kier alpha value is -3.27. The van der Waals surface area contributed by atoms with Crippen LogP contribution < -0.4 is 14.4 Å². The molecule has 43 heavy (non-hydrogen) atoms. The van der Waals surface area contributed by atoms with Gasteiger partial charge in [0.05, 0.1) is 17.2 Å². The fraction of sp³-hybridized carbons (Fsp3) is 0.375. The van der Waals surface area contributed by atoms with E-state index >= 15 is 0 Å². The van der Waals surface area contributed by atoms with Crippen molar-refractivity contribution in [2.24, 2.45) is 0 Å². The van der Waals surface area contributed by atoms with E-state index in [-0.39, 0.29) is 29.8 Å². The number of sulfonamides is 1. The minimum absolute atomic E-state index is 0.00779. The lowest BCUT2D eigenvalue weighted by atomic mass is 10.1. The summed E-state index contributed by atoms with van der Waals surface area (Å²) in [7, 11) is -4.21. The first-order valence-corrected chi connectivity index (χ1v) is 16.5. The number of carbonyl (C=O) groups excluding carboxylic acids is 2. The molecule has 2 atom stereocenters. The Kier molecular flexibility index (Phi) is 12.3. The molecule has 0 heterocycles. The Balaban J connectivity index is 2.09. The van der Waals surface area contributed by atoms with Gasteiger partial charge in [-0.3, -0.25) is 13.9 Å². The predicted octanol–water partition coefficient (Wildman–Crippen LogP) is 6.62. The van der Waals surface area contributed by atoms with Crippen LogP contribution in [0.15, 0.2) is 71.6 Å². The smallest absolute Gasteiger partial charge is 0.264 e. The number of benzene rings is 3. The summed E-state index contributed by atoms with van der Waals surface area (Å²) < 4.78 is 34.7. The van der Waals surface area contributed by atoms with Crippen molar-refractivity contribution < 1.29 is 22.7 Å². The molecule has 0 unspecified atom stereocenters. The van der Waals surface area contributed by atoms with E-state index in [1.54, 1.807) is 61.5 Å². The van der Waals surface area contributed by atoms with Gasteiger partial charge < -0.3 is 15.0 Å². The maximum Gasteiger partial charge on any atom is 0.264 e. The van der Waals surface area contributed by atoms with E-state index in [1.807, 2.05) is 27.7 Å². The summed E-state index contributed by atoms with van der Waals surface area (Å²) in [4.78, 5) is 29.0. The third-order valence-corrected chi connectivity index (χ3v) is 9.60. The summed E-state index contributed by atoms with van der Waals surface area (Å²) in [5.74, 6) is -0.401. The molecule has 3 aromatic carbocycles. The molecule has 0 spiro atoms. The largest absolute Gasteiger partial charge is 0.494 e. The van der Waals surface area contributed by atoms with Crippen LogP contribution in [0.2, 0.25) is 10.0 Å². The van der Waals surface area contributed by atoms with Crippen molar-refractivity contribution in [3.63, 3.8) is 0 Å². The number of nitrogens with one attached hydrogen (secondary N) is 1. The number of aryl methyl sites for hydroxylation is 1. The molecule has 232 valence electrons. The van der Waals surface area contributed by atoms with Crippen LogP contribution in [0.1, 0.15) is 51.7 Å². The second-order valence-electron chi connectivity index (χ2n) is 10.2. The van der Waals surface area contributed by atoms with E-state index in [9.17, 15) is 18.0 Å². The summed E-state index contributed by atoms with van der Waals surface area (Å²) in [5.41, 5.74) is 1.70. The summed E-state index contributed by atoms with van der Waals surface area (Å²) in [6.07, 6.45) is 0.986. The van der Waals surface area contributed by atoms with Crippen LogP contribution in [0.25, 0.3) is 0 Å². The van der Waals surface area contributed by atoms with E-state index < -0.39 is 28.5 Å². The normalized spacial score (nSPS) is 12.7. The molecule has 8 nitrogen and oxygen atoms in total. The molecule has 0 radical (unpaired) electrons. The molecule has 0 saturated heterocycles. The monoisotopic (exact) mass is 647 g/mol. The van der Waals surface area contributed by atoms with Gasteiger partial charge in [-0.1, -0.05) is 60.8 Å². The van der Waals surface area contributed by atoms with Crippen LogP contribution >= 0.6 is 23.2 Å². The van der Waals surface area contributed by atoms with Gasteiger partial charge in [-0.05, 0) is 82.1 Å². The highest BCUT2D eigenvalue weighted by Crippen LogP contribution is 2.29. The molecular formula is C32H39Cl2N3O5S. The van der Waals surface area contributed by atoms with Crippen molar-refractivity contribution in [3.05, 3.63) is 87.9 Å². The molecule has 2 amide bonds. The van der Waals surface area contributed by atoms with E-state index in [2.05, 4.69) is 5.32 Å². The fourth-order valence-electron chi connectivity index (χ4n) is 4.46. The molecule has 0 saturated carbocycles. The summed E-state index contributed by atoms with van der Waals surface area (Å²) in [6, 6.07) is 16.9. The Morgan fingerprint density at radius 3 is 2.05 bits per heavy atom. The average molecular weight is 649 g/mol. The highest BCUT2D eigenvalue weighted by molar-refractivity contribution is 7.92. The number of halogens is 2. The van der Waals surface area contributed by atoms with E-state index in [4.69, 9.17) is 27.9 Å². The van der Waals surface area contributed by atoms with Gasteiger partial charge >= 0.3 is 0 Å². The van der Waals surface area contributed by atoms with Crippen LogP contribution in [0.5, 0.6) is 5.75 Å². The molecule has 11 heteroatoms. The third kappa shape index (κ3) is 8.65. The van der Waals surface area contributed by atoms with Crippen LogP contribution in [0.3, 0.4) is 0 Å². The summed E-state index contributed by atoms with van der Waals surface area (Å²) >= 11 is 13.0. The Morgan fingerprint density at radius 2 is 1.51 bits per heavy atom. The van der Waals surface area contributed by atoms with Crippen LogP contribution in [0, 0.1) is 6.92 Å². The quantitative estimate of drug-likeness (QED) is 0.212. The minimum Gasteiger partial charge on any atom is -0.494 e.